The molecule has 0 spiro atoms. The van der Waals surface area contributed by atoms with Crippen molar-refractivity contribution in [3.63, 3.8) is 0 Å². The minimum atomic E-state index is -0.378. The van der Waals surface area contributed by atoms with Gasteiger partial charge in [0, 0.05) is 0 Å². The molecule has 66 valence electrons. The quantitative estimate of drug-likeness (QED) is 0.509. The van der Waals surface area contributed by atoms with Gasteiger partial charge in [0.2, 0.25) is 0 Å². The van der Waals surface area contributed by atoms with Gasteiger partial charge in [-0.15, -0.1) is 0 Å². The maximum atomic E-state index is 11.2. The van der Waals surface area contributed by atoms with Crippen molar-refractivity contribution >= 4 is 44.5 Å². The van der Waals surface area contributed by atoms with Crippen LogP contribution in [0.15, 0.2) is 0 Å². The van der Waals surface area contributed by atoms with Crippen molar-refractivity contribution in [2.75, 3.05) is 12.5 Å². The Morgan fingerprint density at radius 2 is 1.58 bits per heavy atom. The summed E-state index contributed by atoms with van der Waals surface area (Å²) in [5, 5.41) is 4.83. The molecule has 1 heterocycles. The number of carbonyl (C=O) groups is 2. The Labute approximate surface area is 77.6 Å². The van der Waals surface area contributed by atoms with E-state index in [9.17, 15) is 9.59 Å². The predicted octanol–water partition coefficient (Wildman–Crippen LogP) is -0.782. The Balaban J connectivity index is 3.05. The van der Waals surface area contributed by atoms with Crippen LogP contribution in [0.2, 0.25) is 0 Å². The molecule has 0 radical (unpaired) electrons. The van der Waals surface area contributed by atoms with E-state index in [0.29, 0.717) is 0 Å². The molecule has 6 heteroatoms. The smallest absolute Gasteiger partial charge is 0.268 e. The van der Waals surface area contributed by atoms with Crippen LogP contribution >= 0.6 is 22.7 Å². The van der Waals surface area contributed by atoms with E-state index < -0.39 is 0 Å². The third kappa shape index (κ3) is 1.70. The Kier molecular flexibility index (Phi) is 2.58. The summed E-state index contributed by atoms with van der Waals surface area (Å²) in [5.41, 5.74) is 0. The monoisotopic (exact) mass is 204 g/mol. The fourth-order valence-corrected chi connectivity index (χ4v) is 1.85. The van der Waals surface area contributed by atoms with Crippen LogP contribution in [0.3, 0.4) is 0 Å². The summed E-state index contributed by atoms with van der Waals surface area (Å²) in [6.45, 7) is 0. The molecule has 0 aromatic heterocycles. The summed E-state index contributed by atoms with van der Waals surface area (Å²) in [6, 6.07) is 0. The molecule has 0 aromatic carbocycles. The van der Waals surface area contributed by atoms with Crippen molar-refractivity contribution < 1.29 is 9.59 Å². The number of hydrogen-bond donors (Lipinski definition) is 2. The zero-order chi connectivity index (χ0) is 9.30. The average molecular weight is 204 g/mol. The number of amides is 2. The zero-order valence-corrected chi connectivity index (χ0v) is 8.27. The van der Waals surface area contributed by atoms with E-state index in [4.69, 9.17) is 0 Å². The molecule has 0 atom stereocenters. The number of carbonyl (C=O) groups excluding carboxylic acids is 2. The lowest BCUT2D eigenvalue weighted by Crippen LogP contribution is -2.56. The Bertz CT molecular complexity index is 283. The van der Waals surface area contributed by atoms with Crippen LogP contribution in [0.4, 0.5) is 0 Å². The van der Waals surface area contributed by atoms with Crippen LogP contribution < -0.4 is 10.6 Å². The molecule has 0 aromatic rings. The molecule has 12 heavy (non-hydrogen) atoms. The van der Waals surface area contributed by atoms with Crippen LogP contribution in [-0.2, 0) is 9.59 Å². The molecular formula is C6H8N2O2S2. The van der Waals surface area contributed by atoms with Gasteiger partial charge in [-0.1, -0.05) is 0 Å². The lowest BCUT2D eigenvalue weighted by Gasteiger charge is -2.17. The highest BCUT2D eigenvalue weighted by Crippen LogP contribution is 2.05. The van der Waals surface area contributed by atoms with Crippen LogP contribution in [0.25, 0.3) is 0 Å². The lowest BCUT2D eigenvalue weighted by molar-refractivity contribution is -0.118. The van der Waals surface area contributed by atoms with Crippen LogP contribution in [0, 0.1) is 0 Å². The van der Waals surface area contributed by atoms with Gasteiger partial charge in [0.25, 0.3) is 11.8 Å². The minimum absolute atomic E-state index is 0.0826. The highest BCUT2D eigenvalue weighted by Gasteiger charge is 2.26. The van der Waals surface area contributed by atoms with Crippen molar-refractivity contribution in [1.29, 1.82) is 0 Å². The van der Waals surface area contributed by atoms with Crippen molar-refractivity contribution in [3.05, 3.63) is 0 Å². The highest BCUT2D eigenvalue weighted by atomic mass is 32.2. The van der Waals surface area contributed by atoms with Gasteiger partial charge >= 0.3 is 0 Å². The summed E-state index contributed by atoms with van der Waals surface area (Å²) in [6.07, 6.45) is 3.62. The van der Waals surface area contributed by atoms with E-state index >= 15 is 0 Å². The summed E-state index contributed by atoms with van der Waals surface area (Å²) in [5.74, 6) is -0.755. The maximum Gasteiger partial charge on any atom is 0.268 e. The van der Waals surface area contributed by atoms with Gasteiger partial charge in [-0.2, -0.15) is 10.5 Å². The molecule has 2 N–H and O–H groups in total. The molecule has 1 fully saturated rings. The molecule has 1 aliphatic heterocycles. The van der Waals surface area contributed by atoms with Gasteiger partial charge < -0.3 is 0 Å². The van der Waals surface area contributed by atoms with E-state index in [-0.39, 0.29) is 32.3 Å². The Hall–Kier alpha value is -0.750. The minimum Gasteiger partial charge on any atom is -0.298 e. The fourth-order valence-electron chi connectivity index (χ4n) is 0.825. The van der Waals surface area contributed by atoms with Crippen molar-refractivity contribution in [2.24, 2.45) is 0 Å². The van der Waals surface area contributed by atoms with Crippen LogP contribution in [0.5, 0.6) is 0 Å². The predicted molar refractivity (Wildman–Crippen MR) is 53.3 cm³/mol. The first-order valence-corrected chi connectivity index (χ1v) is 5.58. The second-order valence-electron chi connectivity index (χ2n) is 2.38. The van der Waals surface area contributed by atoms with E-state index in [0.717, 1.165) is 0 Å². The van der Waals surface area contributed by atoms with E-state index in [1.165, 1.54) is 0 Å². The van der Waals surface area contributed by atoms with Crippen molar-refractivity contribution in [1.82, 2.24) is 10.6 Å². The summed E-state index contributed by atoms with van der Waals surface area (Å²) < 4.78 is 0. The summed E-state index contributed by atoms with van der Waals surface area (Å²) in [4.78, 5) is 22.6. The van der Waals surface area contributed by atoms with Gasteiger partial charge in [0.05, 0.1) is 0 Å². The first-order valence-electron chi connectivity index (χ1n) is 3.13. The second-order valence-corrected chi connectivity index (χ2v) is 4.83. The van der Waals surface area contributed by atoms with Gasteiger partial charge in [-0.3, -0.25) is 20.2 Å². The largest absolute Gasteiger partial charge is 0.298 e. The Morgan fingerprint density at radius 1 is 1.17 bits per heavy atom. The standard InChI is InChI=1S/C6H8N2O2S2/c1-12(2)3-4(9)7-6(11)8-5(3)10/h1-2H3,(H2,7,8,9,10,11). The third-order valence-electron chi connectivity index (χ3n) is 1.27. The highest BCUT2D eigenvalue weighted by molar-refractivity contribution is 8.16. The molecule has 1 rings (SSSR count). The number of hydrogen-bond acceptors (Lipinski definition) is 3. The third-order valence-corrected chi connectivity index (χ3v) is 2.67. The maximum absolute atomic E-state index is 11.2. The second kappa shape index (κ2) is 3.32. The van der Waals surface area contributed by atoms with Gasteiger partial charge in [0.15, 0.2) is 5.11 Å². The topological polar surface area (TPSA) is 58.2 Å². The first kappa shape index (κ1) is 9.34. The number of thiocarbonyl (C=S) groups is 1. The van der Waals surface area contributed by atoms with Crippen molar-refractivity contribution in [2.45, 2.75) is 0 Å². The summed E-state index contributed by atoms with van der Waals surface area (Å²) in [7, 11) is -0.344. The molecular weight excluding hydrogens is 196 g/mol. The molecule has 0 aliphatic carbocycles. The fraction of sp³-hybridized carbons (Fsp3) is 0.333. The van der Waals surface area contributed by atoms with E-state index in [1.807, 2.05) is 12.5 Å². The molecule has 4 nitrogen and oxygen atoms in total. The van der Waals surface area contributed by atoms with Crippen LogP contribution in [0.1, 0.15) is 0 Å². The average Bonchev–Trinajstić information content (AvgIpc) is 1.82. The normalized spacial score (nSPS) is 17.9. The molecule has 1 aliphatic rings. The van der Waals surface area contributed by atoms with Gasteiger partial charge in [0.1, 0.15) is 4.86 Å². The molecule has 1 saturated heterocycles. The van der Waals surface area contributed by atoms with Crippen molar-refractivity contribution in [3.8, 4) is 0 Å². The molecule has 0 saturated carbocycles. The van der Waals surface area contributed by atoms with Crippen LogP contribution in [-0.4, -0.2) is 34.3 Å². The zero-order valence-electron chi connectivity index (χ0n) is 6.63. The van der Waals surface area contributed by atoms with E-state index in [2.05, 4.69) is 22.9 Å². The molecule has 0 unspecified atom stereocenters. The molecule has 0 bridgehead atoms. The lowest BCUT2D eigenvalue weighted by atomic mass is 10.3. The van der Waals surface area contributed by atoms with E-state index in [1.54, 1.807) is 0 Å². The van der Waals surface area contributed by atoms with Gasteiger partial charge in [-0.05, 0) is 24.7 Å². The number of rotatable bonds is 0. The molecule has 2 amide bonds. The van der Waals surface area contributed by atoms with Gasteiger partial charge in [-0.25, -0.2) is 0 Å². The first-order chi connectivity index (χ1) is 5.52. The summed E-state index contributed by atoms with van der Waals surface area (Å²) >= 11 is 4.63. The SMILES string of the molecule is CS(C)=C1C(=O)NC(=S)NC1=O. The Morgan fingerprint density at radius 3 is 1.92 bits per heavy atom. The number of nitrogens with one attached hydrogen (secondary N) is 2.